The second-order valence-corrected chi connectivity index (χ2v) is 4.70. The number of carbonyl (C=O) groups excluding carboxylic acids is 1. The molecule has 19 heavy (non-hydrogen) atoms. The molecular weight excluding hydrogens is 262 g/mol. The van der Waals surface area contributed by atoms with Crippen molar-refractivity contribution in [1.82, 2.24) is 0 Å². The molecule has 1 heterocycles. The molecular formula is C15H10ClNO2. The molecule has 0 saturated heterocycles. The number of anilines is 1. The lowest BCUT2D eigenvalue weighted by atomic mass is 10.0. The van der Waals surface area contributed by atoms with E-state index in [0.717, 1.165) is 11.3 Å². The molecule has 4 heteroatoms. The Morgan fingerprint density at radius 1 is 1.16 bits per heavy atom. The number of aromatic hydroxyl groups is 1. The number of amides is 1. The van der Waals surface area contributed by atoms with Gasteiger partial charge in [-0.15, -0.1) is 0 Å². The number of rotatable bonds is 1. The van der Waals surface area contributed by atoms with Crippen LogP contribution in [0, 0.1) is 0 Å². The maximum atomic E-state index is 12.0. The van der Waals surface area contributed by atoms with Gasteiger partial charge in [0.1, 0.15) is 5.75 Å². The molecule has 0 spiro atoms. The van der Waals surface area contributed by atoms with E-state index in [4.69, 9.17) is 11.6 Å². The third-order valence-electron chi connectivity index (χ3n) is 3.00. The summed E-state index contributed by atoms with van der Waals surface area (Å²) in [5.74, 6) is -0.0567. The predicted octanol–water partition coefficient (Wildman–Crippen LogP) is 3.54. The highest BCUT2D eigenvalue weighted by Gasteiger charge is 2.24. The lowest BCUT2D eigenvalue weighted by Crippen LogP contribution is -2.03. The van der Waals surface area contributed by atoms with Gasteiger partial charge in [0.2, 0.25) is 0 Å². The van der Waals surface area contributed by atoms with E-state index in [9.17, 15) is 9.90 Å². The number of benzene rings is 2. The van der Waals surface area contributed by atoms with Crippen molar-refractivity contribution in [3.63, 3.8) is 0 Å². The summed E-state index contributed by atoms with van der Waals surface area (Å²) >= 11 is 5.95. The number of nitrogens with one attached hydrogen (secondary N) is 1. The van der Waals surface area contributed by atoms with Gasteiger partial charge in [0.05, 0.1) is 0 Å². The van der Waals surface area contributed by atoms with E-state index >= 15 is 0 Å². The first-order valence-corrected chi connectivity index (χ1v) is 6.14. The van der Waals surface area contributed by atoms with Gasteiger partial charge < -0.3 is 10.4 Å². The van der Waals surface area contributed by atoms with Crippen molar-refractivity contribution < 1.29 is 9.90 Å². The van der Waals surface area contributed by atoms with Gasteiger partial charge in [-0.25, -0.2) is 0 Å². The molecule has 1 aliphatic rings. The maximum Gasteiger partial charge on any atom is 0.256 e. The fourth-order valence-electron chi connectivity index (χ4n) is 2.07. The molecule has 0 aromatic heterocycles. The molecule has 0 bridgehead atoms. The molecule has 94 valence electrons. The number of halogens is 1. The zero-order chi connectivity index (χ0) is 13.4. The predicted molar refractivity (Wildman–Crippen MR) is 76.1 cm³/mol. The second kappa shape index (κ2) is 4.44. The van der Waals surface area contributed by atoms with Crippen LogP contribution in [0.5, 0.6) is 5.75 Å². The van der Waals surface area contributed by atoms with Crippen molar-refractivity contribution in [3.8, 4) is 5.75 Å². The lowest BCUT2D eigenvalue weighted by Gasteiger charge is -2.01. The molecule has 0 fully saturated rings. The Morgan fingerprint density at radius 2 is 1.95 bits per heavy atom. The van der Waals surface area contributed by atoms with Gasteiger partial charge in [-0.2, -0.15) is 0 Å². The first kappa shape index (κ1) is 11.8. The normalized spacial score (nSPS) is 15.4. The number of phenols is 1. The minimum Gasteiger partial charge on any atom is -0.507 e. The summed E-state index contributed by atoms with van der Waals surface area (Å²) in [6.45, 7) is 0. The fraction of sp³-hybridized carbons (Fsp3) is 0. The van der Waals surface area contributed by atoms with Crippen LogP contribution in [-0.2, 0) is 4.79 Å². The Bertz CT molecular complexity index is 707. The summed E-state index contributed by atoms with van der Waals surface area (Å²) in [4.78, 5) is 12.0. The highest BCUT2D eigenvalue weighted by molar-refractivity contribution is 6.36. The number of hydrogen-bond acceptors (Lipinski definition) is 2. The van der Waals surface area contributed by atoms with E-state index in [2.05, 4.69) is 5.32 Å². The molecule has 0 aliphatic carbocycles. The highest BCUT2D eigenvalue weighted by atomic mass is 35.5. The number of phenolic OH excluding ortho intramolecular Hbond substituents is 1. The van der Waals surface area contributed by atoms with E-state index in [1.165, 1.54) is 0 Å². The molecule has 1 aliphatic heterocycles. The van der Waals surface area contributed by atoms with Crippen molar-refractivity contribution in [2.24, 2.45) is 0 Å². The summed E-state index contributed by atoms with van der Waals surface area (Å²) in [5.41, 5.74) is 2.58. The summed E-state index contributed by atoms with van der Waals surface area (Å²) in [7, 11) is 0. The van der Waals surface area contributed by atoms with Crippen LogP contribution in [0.15, 0.2) is 42.5 Å². The van der Waals surface area contributed by atoms with Crippen LogP contribution in [-0.4, -0.2) is 11.0 Å². The molecule has 0 radical (unpaired) electrons. The number of fused-ring (bicyclic) bond motifs is 1. The Labute approximate surface area is 115 Å². The Hall–Kier alpha value is -2.26. The third-order valence-corrected chi connectivity index (χ3v) is 3.24. The van der Waals surface area contributed by atoms with Gasteiger partial charge >= 0.3 is 0 Å². The molecule has 2 aromatic rings. The number of para-hydroxylation sites is 1. The maximum absolute atomic E-state index is 12.0. The van der Waals surface area contributed by atoms with Crippen LogP contribution in [0.4, 0.5) is 5.69 Å². The zero-order valence-electron chi connectivity index (χ0n) is 9.85. The summed E-state index contributed by atoms with van der Waals surface area (Å²) in [6, 6.07) is 12.1. The van der Waals surface area contributed by atoms with E-state index in [1.807, 2.05) is 0 Å². The van der Waals surface area contributed by atoms with E-state index in [-0.39, 0.29) is 11.7 Å². The van der Waals surface area contributed by atoms with E-state index < -0.39 is 0 Å². The van der Waals surface area contributed by atoms with Gasteiger partial charge in [0.25, 0.3) is 5.91 Å². The van der Waals surface area contributed by atoms with Gasteiger partial charge in [-0.1, -0.05) is 29.8 Å². The van der Waals surface area contributed by atoms with Crippen LogP contribution >= 0.6 is 11.6 Å². The van der Waals surface area contributed by atoms with Crippen molar-refractivity contribution in [2.45, 2.75) is 0 Å². The quantitative estimate of drug-likeness (QED) is 0.780. The zero-order valence-corrected chi connectivity index (χ0v) is 10.6. The minimum atomic E-state index is -0.194. The fourth-order valence-corrected chi connectivity index (χ4v) is 2.24. The van der Waals surface area contributed by atoms with E-state index in [0.29, 0.717) is 16.2 Å². The lowest BCUT2D eigenvalue weighted by molar-refractivity contribution is -0.110. The standard InChI is InChI=1S/C15H10ClNO2/c16-10-5-6-13-11(8-10)12(15(19)17-13)7-9-3-1-2-4-14(9)18/h1-8,18H,(H,17,19)/b12-7+. The molecule has 0 saturated carbocycles. The average molecular weight is 272 g/mol. The van der Waals surface area contributed by atoms with Crippen LogP contribution in [0.25, 0.3) is 11.6 Å². The smallest absolute Gasteiger partial charge is 0.256 e. The minimum absolute atomic E-state index is 0.137. The van der Waals surface area contributed by atoms with Crippen molar-refractivity contribution in [3.05, 3.63) is 58.6 Å². The summed E-state index contributed by atoms with van der Waals surface area (Å²) < 4.78 is 0. The Kier molecular flexibility index (Phi) is 2.76. The number of hydrogen-bond donors (Lipinski definition) is 2. The van der Waals surface area contributed by atoms with Crippen LogP contribution in [0.2, 0.25) is 5.02 Å². The topological polar surface area (TPSA) is 49.3 Å². The highest BCUT2D eigenvalue weighted by Crippen LogP contribution is 2.35. The average Bonchev–Trinajstić information content (AvgIpc) is 2.69. The number of carbonyl (C=O) groups is 1. The molecule has 2 N–H and O–H groups in total. The van der Waals surface area contributed by atoms with Crippen LogP contribution < -0.4 is 5.32 Å². The first-order valence-electron chi connectivity index (χ1n) is 5.76. The van der Waals surface area contributed by atoms with Crippen molar-refractivity contribution in [1.29, 1.82) is 0 Å². The van der Waals surface area contributed by atoms with Crippen molar-refractivity contribution in [2.75, 3.05) is 5.32 Å². The monoisotopic (exact) mass is 271 g/mol. The van der Waals surface area contributed by atoms with Crippen LogP contribution in [0.1, 0.15) is 11.1 Å². The molecule has 1 amide bonds. The SMILES string of the molecule is O=C1Nc2ccc(Cl)cc2/C1=C\c1ccccc1O. The van der Waals surface area contributed by atoms with E-state index in [1.54, 1.807) is 48.5 Å². The molecule has 3 rings (SSSR count). The molecule has 2 aromatic carbocycles. The Morgan fingerprint density at radius 3 is 2.74 bits per heavy atom. The molecule has 0 atom stereocenters. The largest absolute Gasteiger partial charge is 0.507 e. The van der Waals surface area contributed by atoms with Gasteiger partial charge in [-0.05, 0) is 30.3 Å². The van der Waals surface area contributed by atoms with Crippen molar-refractivity contribution >= 4 is 34.8 Å². The third kappa shape index (κ3) is 2.09. The van der Waals surface area contributed by atoms with Gasteiger partial charge in [0.15, 0.2) is 0 Å². The Balaban J connectivity index is 2.14. The van der Waals surface area contributed by atoms with Crippen LogP contribution in [0.3, 0.4) is 0 Å². The second-order valence-electron chi connectivity index (χ2n) is 4.26. The summed E-state index contributed by atoms with van der Waals surface area (Å²) in [5, 5.41) is 13.1. The van der Waals surface area contributed by atoms with Gasteiger partial charge in [-0.3, -0.25) is 4.79 Å². The first-order chi connectivity index (χ1) is 9.15. The molecule has 3 nitrogen and oxygen atoms in total. The molecule has 0 unspecified atom stereocenters. The summed E-state index contributed by atoms with van der Waals surface area (Å²) in [6.07, 6.45) is 1.66. The van der Waals surface area contributed by atoms with Gasteiger partial charge in [0, 0.05) is 27.4 Å².